The number of nitrogens with two attached hydrogens (primary N) is 1. The van der Waals surface area contributed by atoms with Crippen LogP contribution < -0.4 is 17.0 Å². The molecule has 0 amide bonds. The summed E-state index contributed by atoms with van der Waals surface area (Å²) in [6.07, 6.45) is -2.16. The number of nitrogens with zero attached hydrogens (tertiary/aromatic N) is 3. The first-order valence-corrected chi connectivity index (χ1v) is 16.4. The molecule has 3 rings (SSSR count). The summed E-state index contributed by atoms with van der Waals surface area (Å²) in [7, 11) is -2.13. The molecule has 208 valence electrons. The SMILES string of the molecule is Cc1cn([C@@H]2OC(COC(=S)N(C)C)C3(OS(=O)(=O)C=C3N)[C@H]2O[Si](C)(C)C(C)(C)C)c(=O)n(C)c1=O. The van der Waals surface area contributed by atoms with Gasteiger partial charge in [0.2, 0.25) is 0 Å². The molecule has 4 atom stereocenters. The fourth-order valence-corrected chi connectivity index (χ4v) is 6.59. The van der Waals surface area contributed by atoms with Crippen LogP contribution >= 0.6 is 12.2 Å². The molecule has 1 saturated heterocycles. The molecule has 1 aromatic heterocycles. The molecule has 37 heavy (non-hydrogen) atoms. The van der Waals surface area contributed by atoms with E-state index in [0.717, 1.165) is 9.98 Å². The fraction of sp³-hybridized carbons (Fsp3) is 0.682. The lowest BCUT2D eigenvalue weighted by atomic mass is 9.89. The Labute approximate surface area is 223 Å². The van der Waals surface area contributed by atoms with Gasteiger partial charge in [0, 0.05) is 32.9 Å². The molecule has 0 bridgehead atoms. The van der Waals surface area contributed by atoms with E-state index in [1.165, 1.54) is 17.8 Å². The number of aromatic nitrogens is 2. The van der Waals surface area contributed by atoms with Gasteiger partial charge in [0.1, 0.15) is 18.8 Å². The van der Waals surface area contributed by atoms with Crippen molar-refractivity contribution in [2.75, 3.05) is 20.7 Å². The zero-order valence-corrected chi connectivity index (χ0v) is 25.2. The summed E-state index contributed by atoms with van der Waals surface area (Å²) >= 11 is 5.23. The van der Waals surface area contributed by atoms with Gasteiger partial charge in [-0.15, -0.1) is 0 Å². The minimum Gasteiger partial charge on any atom is -0.468 e. The third-order valence-corrected chi connectivity index (χ3v) is 13.1. The second-order valence-corrected chi connectivity index (χ2v) is 17.6. The normalized spacial score (nSPS) is 27.4. The van der Waals surface area contributed by atoms with Crippen LogP contribution in [-0.4, -0.2) is 74.5 Å². The molecule has 0 aliphatic carbocycles. The maximum Gasteiger partial charge on any atom is 0.332 e. The van der Waals surface area contributed by atoms with E-state index in [1.54, 1.807) is 25.9 Å². The van der Waals surface area contributed by atoms with Gasteiger partial charge in [0.05, 0.1) is 11.1 Å². The van der Waals surface area contributed by atoms with Gasteiger partial charge in [-0.3, -0.25) is 13.9 Å². The van der Waals surface area contributed by atoms with Crippen molar-refractivity contribution in [2.24, 2.45) is 12.8 Å². The molecule has 1 spiro atoms. The summed E-state index contributed by atoms with van der Waals surface area (Å²) in [6, 6.07) is 0. The highest BCUT2D eigenvalue weighted by atomic mass is 32.2. The smallest absolute Gasteiger partial charge is 0.332 e. The predicted octanol–water partition coefficient (Wildman–Crippen LogP) is 0.905. The van der Waals surface area contributed by atoms with E-state index in [1.807, 2.05) is 33.9 Å². The number of thiocarbonyl (C=S) groups is 1. The third-order valence-electron chi connectivity index (χ3n) is 7.15. The van der Waals surface area contributed by atoms with Crippen molar-refractivity contribution in [2.45, 2.75) is 69.9 Å². The van der Waals surface area contributed by atoms with Crippen LogP contribution in [0.15, 0.2) is 26.9 Å². The van der Waals surface area contributed by atoms with Crippen LogP contribution in [0, 0.1) is 6.92 Å². The van der Waals surface area contributed by atoms with Crippen molar-refractivity contribution in [1.29, 1.82) is 0 Å². The minimum absolute atomic E-state index is 0.127. The maximum absolute atomic E-state index is 13.2. The maximum atomic E-state index is 13.2. The van der Waals surface area contributed by atoms with Crippen LogP contribution in [0.2, 0.25) is 18.1 Å². The first kappa shape index (κ1) is 29.5. The molecule has 1 aromatic rings. The van der Waals surface area contributed by atoms with Crippen molar-refractivity contribution in [1.82, 2.24) is 14.0 Å². The van der Waals surface area contributed by atoms with Gasteiger partial charge >= 0.3 is 5.69 Å². The Morgan fingerprint density at radius 3 is 2.38 bits per heavy atom. The molecule has 15 heteroatoms. The van der Waals surface area contributed by atoms with Crippen molar-refractivity contribution >= 4 is 35.8 Å². The first-order chi connectivity index (χ1) is 16.7. The number of hydrogen-bond acceptors (Lipinski definition) is 10. The lowest BCUT2D eigenvalue weighted by Gasteiger charge is -2.43. The fourth-order valence-electron chi connectivity index (χ4n) is 4.02. The highest BCUT2D eigenvalue weighted by Crippen LogP contribution is 2.51. The number of ether oxygens (including phenoxy) is 2. The largest absolute Gasteiger partial charge is 0.468 e. The Balaban J connectivity index is 2.26. The molecular formula is C22H36N4O8S2Si. The van der Waals surface area contributed by atoms with E-state index < -0.39 is 53.7 Å². The van der Waals surface area contributed by atoms with Gasteiger partial charge in [-0.2, -0.15) is 8.42 Å². The van der Waals surface area contributed by atoms with Gasteiger partial charge < -0.3 is 24.5 Å². The van der Waals surface area contributed by atoms with E-state index in [4.69, 9.17) is 36.0 Å². The lowest BCUT2D eigenvalue weighted by Crippen LogP contribution is -2.59. The van der Waals surface area contributed by atoms with E-state index >= 15 is 0 Å². The molecule has 0 radical (unpaired) electrons. The summed E-state index contributed by atoms with van der Waals surface area (Å²) < 4.78 is 52.0. The third kappa shape index (κ3) is 5.16. The van der Waals surface area contributed by atoms with Crippen LogP contribution in [-0.2, 0) is 35.2 Å². The van der Waals surface area contributed by atoms with Crippen LogP contribution in [0.3, 0.4) is 0 Å². The molecule has 2 unspecified atom stereocenters. The predicted molar refractivity (Wildman–Crippen MR) is 144 cm³/mol. The van der Waals surface area contributed by atoms with E-state index in [2.05, 4.69) is 0 Å². The highest BCUT2D eigenvalue weighted by molar-refractivity contribution is 7.90. The van der Waals surface area contributed by atoms with E-state index in [0.29, 0.717) is 0 Å². The summed E-state index contributed by atoms with van der Waals surface area (Å²) in [5, 5.41) is 0.648. The van der Waals surface area contributed by atoms with Gasteiger partial charge in [-0.1, -0.05) is 20.8 Å². The molecule has 2 aliphatic heterocycles. The minimum atomic E-state index is -4.21. The Morgan fingerprint density at radius 2 is 1.89 bits per heavy atom. The van der Waals surface area contributed by atoms with E-state index in [9.17, 15) is 18.0 Å². The molecule has 2 aliphatic rings. The van der Waals surface area contributed by atoms with Gasteiger partial charge in [0.25, 0.3) is 20.9 Å². The van der Waals surface area contributed by atoms with Crippen molar-refractivity contribution < 1.29 is 26.5 Å². The van der Waals surface area contributed by atoms with E-state index in [-0.39, 0.29) is 28.1 Å². The van der Waals surface area contributed by atoms with Crippen LogP contribution in [0.5, 0.6) is 0 Å². The Hall–Kier alpha value is -2.04. The molecule has 12 nitrogen and oxygen atoms in total. The van der Waals surface area contributed by atoms with Crippen LogP contribution in [0.4, 0.5) is 0 Å². The molecule has 0 saturated carbocycles. The van der Waals surface area contributed by atoms with Crippen molar-refractivity contribution in [3.63, 3.8) is 0 Å². The summed E-state index contributed by atoms with van der Waals surface area (Å²) in [4.78, 5) is 27.2. The molecular weight excluding hydrogens is 540 g/mol. The van der Waals surface area contributed by atoms with Crippen molar-refractivity contribution in [3.8, 4) is 0 Å². The lowest BCUT2D eigenvalue weighted by molar-refractivity contribution is -0.0577. The average Bonchev–Trinajstić information content (AvgIpc) is 3.18. The van der Waals surface area contributed by atoms with Gasteiger partial charge in [-0.25, -0.2) is 8.98 Å². The van der Waals surface area contributed by atoms with Gasteiger partial charge in [0.15, 0.2) is 20.1 Å². The zero-order chi connectivity index (χ0) is 28.3. The standard InChI is InChI=1S/C22H36N4O8S2Si/c1-13-10-26(19(28)25(7)17(13)27)18-16(33-37(8,9)21(2,3)4)22(14(23)12-36(29,30)34-22)15(32-18)11-31-20(35)24(5)6/h10,12,15-16,18H,11,23H2,1-9H3/t15?,16-,18+,22?/m0/s1. The zero-order valence-electron chi connectivity index (χ0n) is 22.6. The molecule has 0 aromatic carbocycles. The number of aryl methyl sites for hydroxylation is 1. The Morgan fingerprint density at radius 1 is 1.30 bits per heavy atom. The summed E-state index contributed by atoms with van der Waals surface area (Å²) in [5.74, 6) is 0. The van der Waals surface area contributed by atoms with Crippen LogP contribution in [0.1, 0.15) is 32.6 Å². The highest BCUT2D eigenvalue weighted by Gasteiger charge is 2.67. The average molecular weight is 577 g/mol. The summed E-state index contributed by atoms with van der Waals surface area (Å²) in [6.45, 7) is 11.3. The Kier molecular flexibility index (Phi) is 7.66. The number of rotatable bonds is 5. The van der Waals surface area contributed by atoms with Gasteiger partial charge in [-0.05, 0) is 37.3 Å². The first-order valence-electron chi connectivity index (χ1n) is 11.6. The molecule has 2 N–H and O–H groups in total. The molecule has 3 heterocycles. The second-order valence-electron chi connectivity index (χ2n) is 11.1. The topological polar surface area (TPSA) is 144 Å². The van der Waals surface area contributed by atoms with Crippen LogP contribution in [0.25, 0.3) is 0 Å². The number of hydrogen-bond donors (Lipinski definition) is 1. The monoisotopic (exact) mass is 576 g/mol. The molecule has 1 fully saturated rings. The quantitative estimate of drug-likeness (QED) is 0.303. The summed E-state index contributed by atoms with van der Waals surface area (Å²) in [5.41, 5.74) is 3.51. The Bertz CT molecular complexity index is 1350. The second kappa shape index (κ2) is 9.61. The van der Waals surface area contributed by atoms with Crippen molar-refractivity contribution in [3.05, 3.63) is 43.7 Å².